The largest absolute Gasteiger partial charge is 0.491 e. The van der Waals surface area contributed by atoms with Crippen LogP contribution in [0.1, 0.15) is 35.6 Å². The molecule has 1 atom stereocenters. The number of rotatable bonds is 2. The van der Waals surface area contributed by atoms with Crippen LogP contribution in [0.5, 0.6) is 5.75 Å². The summed E-state index contributed by atoms with van der Waals surface area (Å²) < 4.78 is 5.74. The highest BCUT2D eigenvalue weighted by molar-refractivity contribution is 5.47. The summed E-state index contributed by atoms with van der Waals surface area (Å²) in [5.74, 6) is 1.09. The van der Waals surface area contributed by atoms with Gasteiger partial charge in [0.15, 0.2) is 0 Å². The van der Waals surface area contributed by atoms with Gasteiger partial charge in [-0.2, -0.15) is 0 Å². The van der Waals surface area contributed by atoms with Gasteiger partial charge in [-0.3, -0.25) is 0 Å². The number of hydrogen-bond donors (Lipinski definition) is 1. The van der Waals surface area contributed by atoms with Crippen LogP contribution in [0.3, 0.4) is 0 Å². The molecule has 1 aliphatic carbocycles. The van der Waals surface area contributed by atoms with Crippen molar-refractivity contribution in [2.45, 2.75) is 38.8 Å². The molecule has 1 aliphatic heterocycles. The molecule has 1 aromatic carbocycles. The summed E-state index contributed by atoms with van der Waals surface area (Å²) in [6.07, 6.45) is 2.66. The Balaban J connectivity index is 1.93. The molecule has 3 rings (SSSR count). The predicted octanol–water partition coefficient (Wildman–Crippen LogP) is 2.49. The van der Waals surface area contributed by atoms with Gasteiger partial charge in [-0.15, -0.1) is 0 Å². The molecule has 1 unspecified atom stereocenters. The molecule has 1 N–H and O–H groups in total. The first-order chi connectivity index (χ1) is 7.24. The van der Waals surface area contributed by atoms with E-state index in [1.54, 1.807) is 0 Å². The molecule has 1 heterocycles. The fraction of sp³-hybridized carbons (Fsp3) is 0.538. The van der Waals surface area contributed by atoms with Crippen LogP contribution < -0.4 is 10.1 Å². The van der Waals surface area contributed by atoms with Crippen molar-refractivity contribution in [1.82, 2.24) is 5.32 Å². The van der Waals surface area contributed by atoms with Gasteiger partial charge in [0.25, 0.3) is 0 Å². The second-order valence-corrected chi connectivity index (χ2v) is 4.80. The molecule has 0 saturated heterocycles. The van der Waals surface area contributed by atoms with Crippen molar-refractivity contribution in [2.75, 3.05) is 6.61 Å². The summed E-state index contributed by atoms with van der Waals surface area (Å²) in [5.41, 5.74) is 4.03. The second kappa shape index (κ2) is 3.24. The second-order valence-electron chi connectivity index (χ2n) is 4.80. The van der Waals surface area contributed by atoms with Gasteiger partial charge in [-0.1, -0.05) is 6.07 Å². The summed E-state index contributed by atoms with van der Waals surface area (Å²) in [6, 6.07) is 5.56. The van der Waals surface area contributed by atoms with Crippen LogP contribution in [-0.4, -0.2) is 12.6 Å². The van der Waals surface area contributed by atoms with E-state index in [-0.39, 0.29) is 0 Å². The summed E-state index contributed by atoms with van der Waals surface area (Å²) in [5, 5.41) is 3.64. The highest BCUT2D eigenvalue weighted by atomic mass is 16.5. The Labute approximate surface area is 90.6 Å². The molecule has 0 spiro atoms. The number of ether oxygens (including phenoxy) is 1. The highest BCUT2D eigenvalue weighted by Gasteiger charge is 2.31. The first-order valence-electron chi connectivity index (χ1n) is 5.74. The van der Waals surface area contributed by atoms with E-state index in [0.717, 1.165) is 18.4 Å². The molecular formula is C13H17NO. The molecule has 2 aliphatic rings. The van der Waals surface area contributed by atoms with E-state index in [2.05, 4.69) is 31.3 Å². The van der Waals surface area contributed by atoms with Gasteiger partial charge in [0.2, 0.25) is 0 Å². The van der Waals surface area contributed by atoms with Crippen molar-refractivity contribution < 1.29 is 4.74 Å². The lowest BCUT2D eigenvalue weighted by Gasteiger charge is -2.12. The van der Waals surface area contributed by atoms with Crippen molar-refractivity contribution in [3.05, 3.63) is 28.8 Å². The average Bonchev–Trinajstić information content (AvgIpc) is 2.87. The summed E-state index contributed by atoms with van der Waals surface area (Å²) in [4.78, 5) is 0. The number of hydrogen-bond acceptors (Lipinski definition) is 2. The maximum atomic E-state index is 5.74. The standard InChI is InChI=1S/C13H17NO/c1-8-5-9(2)13-11(14-10-3-4-10)7-15-12(13)6-8/h5-6,10-11,14H,3-4,7H2,1-2H3. The van der Waals surface area contributed by atoms with Crippen LogP contribution in [0.4, 0.5) is 0 Å². The minimum Gasteiger partial charge on any atom is -0.491 e. The lowest BCUT2D eigenvalue weighted by atomic mass is 10.0. The third-order valence-corrected chi connectivity index (χ3v) is 3.26. The highest BCUT2D eigenvalue weighted by Crippen LogP contribution is 2.37. The maximum absolute atomic E-state index is 5.74. The molecule has 0 radical (unpaired) electrons. The Morgan fingerprint density at radius 2 is 2.07 bits per heavy atom. The van der Waals surface area contributed by atoms with Crippen LogP contribution in [0.25, 0.3) is 0 Å². The lowest BCUT2D eigenvalue weighted by Crippen LogP contribution is -2.24. The molecule has 0 amide bonds. The molecular weight excluding hydrogens is 186 g/mol. The fourth-order valence-corrected chi connectivity index (χ4v) is 2.43. The van der Waals surface area contributed by atoms with Gasteiger partial charge in [-0.05, 0) is 43.9 Å². The zero-order chi connectivity index (χ0) is 10.4. The van der Waals surface area contributed by atoms with Gasteiger partial charge in [0.05, 0.1) is 6.04 Å². The Kier molecular flexibility index (Phi) is 1.99. The molecule has 2 heteroatoms. The van der Waals surface area contributed by atoms with Crippen molar-refractivity contribution in [3.8, 4) is 5.75 Å². The first kappa shape index (κ1) is 9.22. The molecule has 0 aromatic heterocycles. The molecule has 2 nitrogen and oxygen atoms in total. The number of benzene rings is 1. The van der Waals surface area contributed by atoms with E-state index in [1.807, 2.05) is 0 Å². The van der Waals surface area contributed by atoms with E-state index < -0.39 is 0 Å². The molecule has 1 fully saturated rings. The van der Waals surface area contributed by atoms with Crippen LogP contribution >= 0.6 is 0 Å². The van der Waals surface area contributed by atoms with E-state index in [4.69, 9.17) is 4.74 Å². The lowest BCUT2D eigenvalue weighted by molar-refractivity contribution is 0.310. The Morgan fingerprint density at radius 1 is 1.27 bits per heavy atom. The Hall–Kier alpha value is -1.02. The summed E-state index contributed by atoms with van der Waals surface area (Å²) in [7, 11) is 0. The van der Waals surface area contributed by atoms with Crippen molar-refractivity contribution in [2.24, 2.45) is 0 Å². The number of aryl methyl sites for hydroxylation is 2. The monoisotopic (exact) mass is 203 g/mol. The van der Waals surface area contributed by atoms with Crippen LogP contribution in [-0.2, 0) is 0 Å². The topological polar surface area (TPSA) is 21.3 Å². The molecule has 80 valence electrons. The number of fused-ring (bicyclic) bond motifs is 1. The first-order valence-corrected chi connectivity index (χ1v) is 5.74. The molecule has 0 bridgehead atoms. The zero-order valence-electron chi connectivity index (χ0n) is 9.34. The van der Waals surface area contributed by atoms with Crippen LogP contribution in [0.15, 0.2) is 12.1 Å². The van der Waals surface area contributed by atoms with Crippen molar-refractivity contribution in [1.29, 1.82) is 0 Å². The minimum atomic E-state index is 0.424. The van der Waals surface area contributed by atoms with Gasteiger partial charge in [-0.25, -0.2) is 0 Å². The molecule has 15 heavy (non-hydrogen) atoms. The minimum absolute atomic E-state index is 0.424. The van der Waals surface area contributed by atoms with Crippen molar-refractivity contribution in [3.63, 3.8) is 0 Å². The Bertz CT molecular complexity index is 396. The Morgan fingerprint density at radius 3 is 2.80 bits per heavy atom. The van der Waals surface area contributed by atoms with Crippen molar-refractivity contribution >= 4 is 0 Å². The third-order valence-electron chi connectivity index (χ3n) is 3.26. The van der Waals surface area contributed by atoms with E-state index in [9.17, 15) is 0 Å². The predicted molar refractivity (Wildman–Crippen MR) is 60.3 cm³/mol. The maximum Gasteiger partial charge on any atom is 0.124 e. The summed E-state index contributed by atoms with van der Waals surface area (Å²) in [6.45, 7) is 5.11. The van der Waals surface area contributed by atoms with Gasteiger partial charge < -0.3 is 10.1 Å². The molecule has 1 aromatic rings. The zero-order valence-corrected chi connectivity index (χ0v) is 9.34. The molecule has 1 saturated carbocycles. The van der Waals surface area contributed by atoms with Gasteiger partial charge >= 0.3 is 0 Å². The van der Waals surface area contributed by atoms with Crippen LogP contribution in [0.2, 0.25) is 0 Å². The fourth-order valence-electron chi connectivity index (χ4n) is 2.43. The quantitative estimate of drug-likeness (QED) is 0.797. The smallest absolute Gasteiger partial charge is 0.124 e. The SMILES string of the molecule is Cc1cc(C)c2c(c1)OCC2NC1CC1. The van der Waals surface area contributed by atoms with Gasteiger partial charge in [0, 0.05) is 11.6 Å². The van der Waals surface area contributed by atoms with E-state index in [1.165, 1.54) is 29.5 Å². The normalized spacial score (nSPS) is 23.7. The van der Waals surface area contributed by atoms with E-state index in [0.29, 0.717) is 6.04 Å². The number of nitrogens with one attached hydrogen (secondary N) is 1. The third kappa shape index (κ3) is 1.63. The van der Waals surface area contributed by atoms with Gasteiger partial charge in [0.1, 0.15) is 12.4 Å². The van der Waals surface area contributed by atoms with E-state index >= 15 is 0 Å². The summed E-state index contributed by atoms with van der Waals surface area (Å²) >= 11 is 0. The average molecular weight is 203 g/mol. The van der Waals surface area contributed by atoms with Crippen LogP contribution in [0, 0.1) is 13.8 Å².